The molecule has 0 unspecified atom stereocenters. The van der Waals surface area contributed by atoms with Crippen LogP contribution in [0.4, 0.5) is 0 Å². The molecule has 31 heavy (non-hydrogen) atoms. The van der Waals surface area contributed by atoms with Gasteiger partial charge in [-0.3, -0.25) is 4.79 Å². The number of carbonyl (C=O) groups excluding carboxylic acids is 2. The lowest BCUT2D eigenvalue weighted by atomic mass is 9.87. The average Bonchev–Trinajstić information content (AvgIpc) is 3.45. The molecule has 9 heteroatoms. The van der Waals surface area contributed by atoms with E-state index in [1.807, 2.05) is 18.2 Å². The van der Waals surface area contributed by atoms with Gasteiger partial charge in [0.25, 0.3) is 10.0 Å². The van der Waals surface area contributed by atoms with Crippen molar-refractivity contribution in [3.63, 3.8) is 0 Å². The second-order valence-electron chi connectivity index (χ2n) is 7.77. The number of sulfonamides is 1. The van der Waals surface area contributed by atoms with Crippen LogP contribution in [0.15, 0.2) is 45.9 Å². The van der Waals surface area contributed by atoms with Gasteiger partial charge in [0.15, 0.2) is 0 Å². The largest absolute Gasteiger partial charge is 0.460 e. The zero-order valence-corrected chi connectivity index (χ0v) is 18.2. The zero-order valence-electron chi connectivity index (χ0n) is 17.4. The van der Waals surface area contributed by atoms with Crippen molar-refractivity contribution in [1.29, 1.82) is 0 Å². The van der Waals surface area contributed by atoms with Gasteiger partial charge in [-0.05, 0) is 62.3 Å². The minimum absolute atomic E-state index is 0.123. The molecule has 2 aromatic rings. The maximum absolute atomic E-state index is 13.1. The van der Waals surface area contributed by atoms with E-state index in [1.165, 1.54) is 22.0 Å². The Hall–Kier alpha value is -2.65. The summed E-state index contributed by atoms with van der Waals surface area (Å²) < 4.78 is 37.5. The molecule has 2 atom stereocenters. The van der Waals surface area contributed by atoms with E-state index in [0.29, 0.717) is 12.8 Å². The van der Waals surface area contributed by atoms with E-state index in [0.717, 1.165) is 24.8 Å². The summed E-state index contributed by atoms with van der Waals surface area (Å²) >= 11 is 0. The zero-order chi connectivity index (χ0) is 22.0. The van der Waals surface area contributed by atoms with Crippen molar-refractivity contribution in [1.82, 2.24) is 9.62 Å². The molecule has 2 aliphatic rings. The molecule has 0 bridgehead atoms. The van der Waals surface area contributed by atoms with E-state index in [-0.39, 0.29) is 36.0 Å². The fourth-order valence-corrected chi connectivity index (χ4v) is 5.92. The van der Waals surface area contributed by atoms with E-state index in [4.69, 9.17) is 9.15 Å². The third kappa shape index (κ3) is 4.24. The first-order valence-electron chi connectivity index (χ1n) is 10.6. The molecule has 4 rings (SSSR count). The summed E-state index contributed by atoms with van der Waals surface area (Å²) in [6.45, 7) is 2.02. The average molecular weight is 447 g/mol. The summed E-state index contributed by atoms with van der Waals surface area (Å²) in [6, 6.07) is 9.59. The summed E-state index contributed by atoms with van der Waals surface area (Å²) in [5.74, 6) is -1.21. The molecule has 1 aliphatic carbocycles. The summed E-state index contributed by atoms with van der Waals surface area (Å²) in [5.41, 5.74) is 2.32. The number of hydrogen-bond donors (Lipinski definition) is 1. The van der Waals surface area contributed by atoms with Crippen LogP contribution in [0.5, 0.6) is 0 Å². The monoisotopic (exact) mass is 446 g/mol. The number of fused-ring (bicyclic) bond motifs is 1. The Morgan fingerprint density at radius 3 is 2.77 bits per heavy atom. The van der Waals surface area contributed by atoms with Gasteiger partial charge in [-0.25, -0.2) is 13.2 Å². The first kappa shape index (κ1) is 21.6. The molecule has 1 fully saturated rings. The van der Waals surface area contributed by atoms with Crippen LogP contribution in [-0.4, -0.2) is 43.8 Å². The molecule has 8 nitrogen and oxygen atoms in total. The molecule has 1 saturated heterocycles. The summed E-state index contributed by atoms with van der Waals surface area (Å²) in [4.78, 5) is 24.9. The van der Waals surface area contributed by atoms with Crippen molar-refractivity contribution in [3.05, 3.63) is 53.3 Å². The Balaban J connectivity index is 1.51. The molecule has 1 N–H and O–H groups in total. The van der Waals surface area contributed by atoms with E-state index >= 15 is 0 Å². The molecule has 0 radical (unpaired) electrons. The highest BCUT2D eigenvalue weighted by Crippen LogP contribution is 2.32. The smallest absolute Gasteiger partial charge is 0.374 e. The second kappa shape index (κ2) is 8.84. The molecular weight excluding hydrogens is 420 g/mol. The van der Waals surface area contributed by atoms with Crippen LogP contribution in [0.1, 0.15) is 60.3 Å². The molecule has 1 aromatic carbocycles. The van der Waals surface area contributed by atoms with Crippen LogP contribution in [0, 0.1) is 0 Å². The number of carbonyl (C=O) groups is 2. The first-order chi connectivity index (χ1) is 14.9. The molecule has 1 aliphatic heterocycles. The van der Waals surface area contributed by atoms with Gasteiger partial charge in [0.05, 0.1) is 12.6 Å². The predicted octanol–water partition coefficient (Wildman–Crippen LogP) is 2.80. The number of aryl methyl sites for hydroxylation is 1. The Morgan fingerprint density at radius 1 is 1.16 bits per heavy atom. The maximum atomic E-state index is 13.1. The molecule has 0 saturated carbocycles. The third-order valence-electron chi connectivity index (χ3n) is 5.81. The lowest BCUT2D eigenvalue weighted by molar-refractivity contribution is -0.125. The number of esters is 1. The normalized spacial score (nSPS) is 21.5. The Bertz CT molecular complexity index is 1080. The number of hydrogen-bond acceptors (Lipinski definition) is 6. The van der Waals surface area contributed by atoms with Gasteiger partial charge in [0.2, 0.25) is 16.8 Å². The van der Waals surface area contributed by atoms with E-state index in [1.54, 1.807) is 6.92 Å². The quantitative estimate of drug-likeness (QED) is 0.684. The highest BCUT2D eigenvalue weighted by molar-refractivity contribution is 7.89. The molecule has 166 valence electrons. The van der Waals surface area contributed by atoms with Crippen molar-refractivity contribution in [2.45, 2.75) is 56.2 Å². The standard InChI is InChI=1S/C22H26N2O6S/c1-2-29-22(26)19-12-13-20(30-19)31(27,28)24-14-6-11-18(24)21(25)23-17-10-5-8-15-7-3-4-9-16(15)17/h3-4,7,9,12-13,17-18H,2,5-6,8,10-11,14H2,1H3,(H,23,25)/t17-,18-/m1/s1. The van der Waals surface area contributed by atoms with E-state index < -0.39 is 22.0 Å². The Kier molecular flexibility index (Phi) is 6.15. The van der Waals surface area contributed by atoms with Crippen LogP contribution in [0.2, 0.25) is 0 Å². The number of ether oxygens (including phenoxy) is 1. The van der Waals surface area contributed by atoms with Crippen LogP contribution in [0.3, 0.4) is 0 Å². The van der Waals surface area contributed by atoms with Gasteiger partial charge >= 0.3 is 5.97 Å². The number of amides is 1. The number of nitrogens with zero attached hydrogens (tertiary/aromatic N) is 1. The molecule has 1 amide bonds. The number of benzene rings is 1. The van der Waals surface area contributed by atoms with Crippen LogP contribution in [0.25, 0.3) is 0 Å². The summed E-state index contributed by atoms with van der Waals surface area (Å²) in [6.07, 6.45) is 3.78. The van der Waals surface area contributed by atoms with Crippen LogP contribution in [-0.2, 0) is 26.0 Å². The van der Waals surface area contributed by atoms with Gasteiger partial charge in [-0.1, -0.05) is 24.3 Å². The maximum Gasteiger partial charge on any atom is 0.374 e. The van der Waals surface area contributed by atoms with Gasteiger partial charge in [-0.2, -0.15) is 4.31 Å². The van der Waals surface area contributed by atoms with Crippen molar-refractivity contribution in [2.24, 2.45) is 0 Å². The van der Waals surface area contributed by atoms with Crippen LogP contribution < -0.4 is 5.32 Å². The van der Waals surface area contributed by atoms with Gasteiger partial charge < -0.3 is 14.5 Å². The van der Waals surface area contributed by atoms with Crippen molar-refractivity contribution in [2.75, 3.05) is 13.2 Å². The number of rotatable bonds is 6. The molecule has 2 heterocycles. The lowest BCUT2D eigenvalue weighted by Crippen LogP contribution is -2.47. The summed E-state index contributed by atoms with van der Waals surface area (Å²) in [5, 5.41) is 2.70. The molecular formula is C22H26N2O6S. The summed E-state index contributed by atoms with van der Waals surface area (Å²) in [7, 11) is -4.06. The highest BCUT2D eigenvalue weighted by atomic mass is 32.2. The van der Waals surface area contributed by atoms with E-state index in [2.05, 4.69) is 11.4 Å². The first-order valence-corrected chi connectivity index (χ1v) is 12.0. The van der Waals surface area contributed by atoms with Gasteiger partial charge in [0.1, 0.15) is 6.04 Å². The van der Waals surface area contributed by atoms with Crippen molar-refractivity contribution in [3.8, 4) is 0 Å². The minimum Gasteiger partial charge on any atom is -0.460 e. The Labute approximate surface area is 181 Å². The Morgan fingerprint density at radius 2 is 1.97 bits per heavy atom. The lowest BCUT2D eigenvalue weighted by Gasteiger charge is -2.29. The minimum atomic E-state index is -4.06. The molecule has 0 spiro atoms. The number of furan rings is 1. The number of nitrogens with one attached hydrogen (secondary N) is 1. The highest BCUT2D eigenvalue weighted by Gasteiger charge is 2.42. The van der Waals surface area contributed by atoms with Crippen molar-refractivity contribution >= 4 is 21.9 Å². The topological polar surface area (TPSA) is 106 Å². The van der Waals surface area contributed by atoms with Gasteiger partial charge in [-0.15, -0.1) is 0 Å². The predicted molar refractivity (Wildman–Crippen MR) is 112 cm³/mol. The fraction of sp³-hybridized carbons (Fsp3) is 0.455. The SMILES string of the molecule is CCOC(=O)c1ccc(S(=O)(=O)N2CCC[C@@H]2C(=O)N[C@@H]2CCCc3ccccc32)o1. The fourth-order valence-electron chi connectivity index (χ4n) is 4.35. The van der Waals surface area contributed by atoms with Gasteiger partial charge in [0, 0.05) is 6.54 Å². The van der Waals surface area contributed by atoms with Crippen LogP contribution >= 0.6 is 0 Å². The third-order valence-corrected chi connectivity index (χ3v) is 7.60. The van der Waals surface area contributed by atoms with E-state index in [9.17, 15) is 18.0 Å². The molecule has 1 aromatic heterocycles. The van der Waals surface area contributed by atoms with Crippen molar-refractivity contribution < 1.29 is 27.2 Å². The second-order valence-corrected chi connectivity index (χ2v) is 9.59.